The Morgan fingerprint density at radius 1 is 1.40 bits per heavy atom. The van der Waals surface area contributed by atoms with Crippen LogP contribution < -0.4 is 0 Å². The van der Waals surface area contributed by atoms with E-state index in [4.69, 9.17) is 4.74 Å². The van der Waals surface area contributed by atoms with Gasteiger partial charge in [-0.1, -0.05) is 11.6 Å². The van der Waals surface area contributed by atoms with Crippen LogP contribution in [0.2, 0.25) is 0 Å². The highest BCUT2D eigenvalue weighted by Crippen LogP contribution is 2.23. The molecule has 0 saturated carbocycles. The second-order valence-electron chi connectivity index (χ2n) is 3.89. The molecule has 0 aromatic rings. The van der Waals surface area contributed by atoms with Crippen LogP contribution in [-0.2, 0) is 4.74 Å². The minimum Gasteiger partial charge on any atom is -0.498 e. The predicted octanol–water partition coefficient (Wildman–Crippen LogP) is 1.53. The number of aliphatic hydroxyl groups is 2. The number of rotatable bonds is 3. The topological polar surface area (TPSA) is 49.7 Å². The summed E-state index contributed by atoms with van der Waals surface area (Å²) in [6, 6.07) is 0. The van der Waals surface area contributed by atoms with Gasteiger partial charge in [0.1, 0.15) is 11.9 Å². The van der Waals surface area contributed by atoms with Crippen molar-refractivity contribution in [2.45, 2.75) is 32.5 Å². The molecule has 1 aliphatic rings. The summed E-state index contributed by atoms with van der Waals surface area (Å²) in [5.74, 6) is 0.419. The van der Waals surface area contributed by atoms with Crippen LogP contribution in [0.25, 0.3) is 0 Å². The number of aliphatic hydroxyl groups excluding tert-OH is 2. The molecule has 0 unspecified atom stereocenters. The standard InChI is InChI=1S/C12H18O3/c1-8(2)4-5-9-6-10(13)7-11(15-3)12(9)14/h4,6-7,10,12-14H,5H2,1-3H3/t10-,12+/m0/s1. The molecule has 15 heavy (non-hydrogen) atoms. The van der Waals surface area contributed by atoms with Gasteiger partial charge >= 0.3 is 0 Å². The van der Waals surface area contributed by atoms with Crippen molar-refractivity contribution in [2.75, 3.05) is 7.11 Å². The van der Waals surface area contributed by atoms with Gasteiger partial charge in [0.05, 0.1) is 13.2 Å². The van der Waals surface area contributed by atoms with E-state index in [-0.39, 0.29) is 0 Å². The van der Waals surface area contributed by atoms with Crippen molar-refractivity contribution in [1.82, 2.24) is 0 Å². The van der Waals surface area contributed by atoms with Crippen molar-refractivity contribution in [3.8, 4) is 0 Å². The average Bonchev–Trinajstić information content (AvgIpc) is 2.18. The zero-order chi connectivity index (χ0) is 11.4. The monoisotopic (exact) mass is 210 g/mol. The van der Waals surface area contributed by atoms with Gasteiger partial charge in [0.2, 0.25) is 0 Å². The van der Waals surface area contributed by atoms with Crippen LogP contribution in [0.4, 0.5) is 0 Å². The molecule has 0 saturated heterocycles. The van der Waals surface area contributed by atoms with Gasteiger partial charge in [-0.2, -0.15) is 0 Å². The van der Waals surface area contributed by atoms with E-state index in [2.05, 4.69) is 0 Å². The second kappa shape index (κ2) is 5.14. The van der Waals surface area contributed by atoms with Crippen LogP contribution >= 0.6 is 0 Å². The van der Waals surface area contributed by atoms with Crippen LogP contribution in [-0.4, -0.2) is 29.5 Å². The number of hydrogen-bond acceptors (Lipinski definition) is 3. The lowest BCUT2D eigenvalue weighted by Crippen LogP contribution is -2.22. The third-order valence-electron chi connectivity index (χ3n) is 2.32. The first-order chi connectivity index (χ1) is 7.04. The Balaban J connectivity index is 2.77. The summed E-state index contributed by atoms with van der Waals surface area (Å²) in [4.78, 5) is 0. The molecule has 0 spiro atoms. The van der Waals surface area contributed by atoms with Gasteiger partial charge in [-0.25, -0.2) is 0 Å². The van der Waals surface area contributed by atoms with E-state index in [0.29, 0.717) is 12.2 Å². The van der Waals surface area contributed by atoms with E-state index in [1.54, 1.807) is 6.08 Å². The number of allylic oxidation sites excluding steroid dienone is 2. The van der Waals surface area contributed by atoms with E-state index in [0.717, 1.165) is 5.57 Å². The Morgan fingerprint density at radius 3 is 2.60 bits per heavy atom. The molecule has 2 N–H and O–H groups in total. The first-order valence-corrected chi connectivity index (χ1v) is 5.00. The van der Waals surface area contributed by atoms with Crippen molar-refractivity contribution in [3.63, 3.8) is 0 Å². The lowest BCUT2D eigenvalue weighted by molar-refractivity contribution is 0.136. The van der Waals surface area contributed by atoms with Crippen LogP contribution in [0, 0.1) is 0 Å². The van der Waals surface area contributed by atoms with Crippen molar-refractivity contribution >= 4 is 0 Å². The summed E-state index contributed by atoms with van der Waals surface area (Å²) in [7, 11) is 1.49. The minimum atomic E-state index is -0.728. The van der Waals surface area contributed by atoms with E-state index in [1.165, 1.54) is 18.8 Å². The normalized spacial score (nSPS) is 25.4. The van der Waals surface area contributed by atoms with Crippen molar-refractivity contribution < 1.29 is 14.9 Å². The van der Waals surface area contributed by atoms with Gasteiger partial charge in [-0.05, 0) is 38.0 Å². The first kappa shape index (κ1) is 12.0. The highest BCUT2D eigenvalue weighted by Gasteiger charge is 2.22. The molecule has 0 radical (unpaired) electrons. The fourth-order valence-electron chi connectivity index (χ4n) is 1.48. The van der Waals surface area contributed by atoms with Crippen LogP contribution in [0.1, 0.15) is 20.3 Å². The molecule has 0 aliphatic heterocycles. The average molecular weight is 210 g/mol. The first-order valence-electron chi connectivity index (χ1n) is 5.00. The second-order valence-corrected chi connectivity index (χ2v) is 3.89. The largest absolute Gasteiger partial charge is 0.498 e. The molecular formula is C12H18O3. The van der Waals surface area contributed by atoms with Gasteiger partial charge < -0.3 is 14.9 Å². The summed E-state index contributed by atoms with van der Waals surface area (Å²) in [5, 5.41) is 19.4. The van der Waals surface area contributed by atoms with Gasteiger partial charge in [-0.3, -0.25) is 0 Å². The van der Waals surface area contributed by atoms with E-state index >= 15 is 0 Å². The van der Waals surface area contributed by atoms with E-state index in [9.17, 15) is 10.2 Å². The molecular weight excluding hydrogens is 192 g/mol. The van der Waals surface area contributed by atoms with Crippen LogP contribution in [0.5, 0.6) is 0 Å². The fraction of sp³-hybridized carbons (Fsp3) is 0.500. The third kappa shape index (κ3) is 3.22. The molecule has 0 aromatic carbocycles. The molecule has 0 fully saturated rings. The third-order valence-corrected chi connectivity index (χ3v) is 2.32. The SMILES string of the molecule is COC1=C[C@@H](O)C=C(CC=C(C)C)[C@H]1O. The molecule has 0 bridgehead atoms. The smallest absolute Gasteiger partial charge is 0.132 e. The van der Waals surface area contributed by atoms with Crippen molar-refractivity contribution in [2.24, 2.45) is 0 Å². The van der Waals surface area contributed by atoms with Gasteiger partial charge in [-0.15, -0.1) is 0 Å². The van der Waals surface area contributed by atoms with Gasteiger partial charge in [0.15, 0.2) is 0 Å². The lowest BCUT2D eigenvalue weighted by Gasteiger charge is -2.22. The minimum absolute atomic E-state index is 0.419. The number of methoxy groups -OCH3 is 1. The van der Waals surface area contributed by atoms with Crippen molar-refractivity contribution in [1.29, 1.82) is 0 Å². The maximum absolute atomic E-state index is 9.86. The lowest BCUT2D eigenvalue weighted by atomic mass is 9.96. The summed E-state index contributed by atoms with van der Waals surface area (Å²) in [6.45, 7) is 4.00. The molecule has 0 aromatic heterocycles. The Bertz CT molecular complexity index is 309. The fourth-order valence-corrected chi connectivity index (χ4v) is 1.48. The van der Waals surface area contributed by atoms with Gasteiger partial charge in [0.25, 0.3) is 0 Å². The Hall–Kier alpha value is -1.06. The summed E-state index contributed by atoms with van der Waals surface area (Å²) in [6.07, 6.45) is 4.43. The molecule has 2 atom stereocenters. The Kier molecular flexibility index (Phi) is 4.12. The molecule has 3 nitrogen and oxygen atoms in total. The maximum atomic E-state index is 9.86. The summed E-state index contributed by atoms with van der Waals surface area (Å²) >= 11 is 0. The summed E-state index contributed by atoms with van der Waals surface area (Å²) in [5.41, 5.74) is 1.97. The maximum Gasteiger partial charge on any atom is 0.132 e. The molecule has 0 heterocycles. The zero-order valence-corrected chi connectivity index (χ0v) is 9.40. The van der Waals surface area contributed by atoms with Crippen LogP contribution in [0.15, 0.2) is 35.1 Å². The number of hydrogen-bond donors (Lipinski definition) is 2. The molecule has 1 rings (SSSR count). The highest BCUT2D eigenvalue weighted by molar-refractivity contribution is 5.30. The molecule has 3 heteroatoms. The highest BCUT2D eigenvalue weighted by atomic mass is 16.5. The zero-order valence-electron chi connectivity index (χ0n) is 9.40. The van der Waals surface area contributed by atoms with Crippen molar-refractivity contribution in [3.05, 3.63) is 35.1 Å². The van der Waals surface area contributed by atoms with E-state index in [1.807, 2.05) is 19.9 Å². The summed E-state index contributed by atoms with van der Waals surface area (Å²) < 4.78 is 5.00. The number of ether oxygens (including phenoxy) is 1. The van der Waals surface area contributed by atoms with Gasteiger partial charge in [0, 0.05) is 0 Å². The molecule has 84 valence electrons. The Morgan fingerprint density at radius 2 is 2.07 bits per heavy atom. The predicted molar refractivity (Wildman–Crippen MR) is 59.2 cm³/mol. The quantitative estimate of drug-likeness (QED) is 0.695. The Labute approximate surface area is 90.4 Å². The molecule has 0 amide bonds. The van der Waals surface area contributed by atoms with Crippen LogP contribution in [0.3, 0.4) is 0 Å². The molecule has 1 aliphatic carbocycles. The van der Waals surface area contributed by atoms with E-state index < -0.39 is 12.2 Å².